The Morgan fingerprint density at radius 3 is 2.31 bits per heavy atom. The summed E-state index contributed by atoms with van der Waals surface area (Å²) in [6.07, 6.45) is 6.12. The predicted octanol–water partition coefficient (Wildman–Crippen LogP) is 1.35. The molecule has 0 unspecified atom stereocenters. The molecule has 16 heavy (non-hydrogen) atoms. The summed E-state index contributed by atoms with van der Waals surface area (Å²) in [4.78, 5) is 20.3. The van der Waals surface area contributed by atoms with E-state index in [2.05, 4.69) is 23.1 Å². The van der Waals surface area contributed by atoms with Crippen LogP contribution in [-0.4, -0.2) is 34.1 Å². The van der Waals surface area contributed by atoms with E-state index in [4.69, 9.17) is 5.11 Å². The SMILES string of the molecule is C=CCN(CC=C)c1cnc(C(=O)O)cn1. The van der Waals surface area contributed by atoms with Gasteiger partial charge in [0.2, 0.25) is 0 Å². The molecule has 1 N–H and O–H groups in total. The molecule has 0 saturated heterocycles. The van der Waals surface area contributed by atoms with Crippen molar-refractivity contribution in [3.05, 3.63) is 43.4 Å². The fourth-order valence-corrected chi connectivity index (χ4v) is 1.17. The van der Waals surface area contributed by atoms with Crippen molar-refractivity contribution in [2.45, 2.75) is 0 Å². The van der Waals surface area contributed by atoms with Crippen molar-refractivity contribution in [1.82, 2.24) is 9.97 Å². The van der Waals surface area contributed by atoms with Crippen molar-refractivity contribution in [2.24, 2.45) is 0 Å². The van der Waals surface area contributed by atoms with Gasteiger partial charge in [0.05, 0.1) is 12.4 Å². The third-order valence-electron chi connectivity index (χ3n) is 1.88. The topological polar surface area (TPSA) is 66.3 Å². The summed E-state index contributed by atoms with van der Waals surface area (Å²) in [7, 11) is 0. The van der Waals surface area contributed by atoms with E-state index in [1.165, 1.54) is 12.4 Å². The number of anilines is 1. The first-order valence-electron chi connectivity index (χ1n) is 4.71. The molecule has 0 aromatic carbocycles. The number of aromatic nitrogens is 2. The third-order valence-corrected chi connectivity index (χ3v) is 1.88. The normalized spacial score (nSPS) is 9.50. The maximum absolute atomic E-state index is 10.6. The molecule has 1 heterocycles. The van der Waals surface area contributed by atoms with Crippen LogP contribution in [0, 0.1) is 0 Å². The summed E-state index contributed by atoms with van der Waals surface area (Å²) in [5, 5.41) is 8.67. The largest absolute Gasteiger partial charge is 0.476 e. The first kappa shape index (κ1) is 11.9. The van der Waals surface area contributed by atoms with Crippen molar-refractivity contribution in [2.75, 3.05) is 18.0 Å². The minimum atomic E-state index is -1.09. The Morgan fingerprint density at radius 1 is 1.31 bits per heavy atom. The molecule has 0 atom stereocenters. The lowest BCUT2D eigenvalue weighted by Crippen LogP contribution is -2.24. The minimum Gasteiger partial charge on any atom is -0.476 e. The standard InChI is InChI=1S/C11H13N3O2/c1-3-5-14(6-4-2)10-8-12-9(7-13-10)11(15)16/h3-4,7-8H,1-2,5-6H2,(H,15,16). The molecule has 1 aromatic heterocycles. The van der Waals surface area contributed by atoms with Crippen molar-refractivity contribution < 1.29 is 9.90 Å². The Kier molecular flexibility index (Phi) is 4.20. The van der Waals surface area contributed by atoms with E-state index < -0.39 is 5.97 Å². The summed E-state index contributed by atoms with van der Waals surface area (Å²) in [5.74, 6) is -0.483. The smallest absolute Gasteiger partial charge is 0.356 e. The second-order valence-electron chi connectivity index (χ2n) is 3.05. The summed E-state index contributed by atoms with van der Waals surface area (Å²) in [5.41, 5.74) is -0.0686. The molecule has 0 aliphatic rings. The second-order valence-corrected chi connectivity index (χ2v) is 3.05. The average Bonchev–Trinajstić information content (AvgIpc) is 2.29. The van der Waals surface area contributed by atoms with E-state index in [1.807, 2.05) is 4.90 Å². The van der Waals surface area contributed by atoms with Gasteiger partial charge in [-0.2, -0.15) is 0 Å². The van der Waals surface area contributed by atoms with Crippen molar-refractivity contribution in [3.8, 4) is 0 Å². The number of hydrogen-bond donors (Lipinski definition) is 1. The summed E-state index contributed by atoms with van der Waals surface area (Å²) >= 11 is 0. The molecule has 0 amide bonds. The zero-order valence-electron chi connectivity index (χ0n) is 8.83. The van der Waals surface area contributed by atoms with E-state index in [-0.39, 0.29) is 5.69 Å². The number of nitrogens with zero attached hydrogens (tertiary/aromatic N) is 3. The number of aromatic carboxylic acids is 1. The molecule has 0 radical (unpaired) electrons. The first-order chi connectivity index (χ1) is 7.69. The summed E-state index contributed by atoms with van der Waals surface area (Å²) in [6, 6.07) is 0. The molecule has 5 nitrogen and oxygen atoms in total. The van der Waals surface area contributed by atoms with Crippen LogP contribution < -0.4 is 4.90 Å². The first-order valence-corrected chi connectivity index (χ1v) is 4.71. The lowest BCUT2D eigenvalue weighted by Gasteiger charge is -2.19. The number of carbonyl (C=O) groups is 1. The molecular weight excluding hydrogens is 206 g/mol. The van der Waals surface area contributed by atoms with Crippen LogP contribution in [0.3, 0.4) is 0 Å². The Morgan fingerprint density at radius 2 is 1.94 bits per heavy atom. The van der Waals surface area contributed by atoms with Crippen LogP contribution in [0.15, 0.2) is 37.7 Å². The monoisotopic (exact) mass is 219 g/mol. The van der Waals surface area contributed by atoms with E-state index in [0.29, 0.717) is 18.9 Å². The fraction of sp³-hybridized carbons (Fsp3) is 0.182. The van der Waals surface area contributed by atoms with Gasteiger partial charge in [-0.3, -0.25) is 0 Å². The van der Waals surface area contributed by atoms with Gasteiger partial charge in [-0.15, -0.1) is 13.2 Å². The van der Waals surface area contributed by atoms with Gasteiger partial charge in [0.25, 0.3) is 0 Å². The Labute approximate surface area is 93.8 Å². The van der Waals surface area contributed by atoms with E-state index in [9.17, 15) is 4.79 Å². The summed E-state index contributed by atoms with van der Waals surface area (Å²) in [6.45, 7) is 8.48. The summed E-state index contributed by atoms with van der Waals surface area (Å²) < 4.78 is 0. The van der Waals surface area contributed by atoms with Gasteiger partial charge < -0.3 is 10.0 Å². The van der Waals surface area contributed by atoms with Crippen molar-refractivity contribution in [1.29, 1.82) is 0 Å². The van der Waals surface area contributed by atoms with Gasteiger partial charge in [-0.1, -0.05) is 12.2 Å². The van der Waals surface area contributed by atoms with E-state index >= 15 is 0 Å². The molecule has 0 aliphatic heterocycles. The molecule has 0 fully saturated rings. The Balaban J connectivity index is 2.88. The van der Waals surface area contributed by atoms with Gasteiger partial charge in [0, 0.05) is 13.1 Å². The van der Waals surface area contributed by atoms with Gasteiger partial charge >= 0.3 is 5.97 Å². The highest BCUT2D eigenvalue weighted by atomic mass is 16.4. The van der Waals surface area contributed by atoms with Gasteiger partial charge in [0.15, 0.2) is 5.69 Å². The minimum absolute atomic E-state index is 0.0686. The molecule has 84 valence electrons. The molecule has 0 saturated carbocycles. The number of rotatable bonds is 6. The third kappa shape index (κ3) is 2.91. The Bertz CT molecular complexity index is 377. The van der Waals surface area contributed by atoms with Crippen LogP contribution in [0.2, 0.25) is 0 Å². The van der Waals surface area contributed by atoms with Gasteiger partial charge in [-0.05, 0) is 0 Å². The quantitative estimate of drug-likeness (QED) is 0.731. The molecule has 1 rings (SSSR count). The predicted molar refractivity (Wildman–Crippen MR) is 61.6 cm³/mol. The van der Waals surface area contributed by atoms with Crippen LogP contribution in [0.25, 0.3) is 0 Å². The highest BCUT2D eigenvalue weighted by molar-refractivity contribution is 5.84. The molecule has 0 bridgehead atoms. The van der Waals surface area contributed by atoms with Crippen molar-refractivity contribution in [3.63, 3.8) is 0 Å². The van der Waals surface area contributed by atoms with Crippen LogP contribution in [-0.2, 0) is 0 Å². The van der Waals surface area contributed by atoms with Crippen LogP contribution in [0.4, 0.5) is 5.82 Å². The highest BCUT2D eigenvalue weighted by Crippen LogP contribution is 2.08. The maximum atomic E-state index is 10.6. The van der Waals surface area contributed by atoms with Crippen molar-refractivity contribution >= 4 is 11.8 Å². The fourth-order valence-electron chi connectivity index (χ4n) is 1.17. The molecule has 0 spiro atoms. The molecule has 0 aliphatic carbocycles. The molecular formula is C11H13N3O2. The zero-order valence-corrected chi connectivity index (χ0v) is 8.83. The van der Waals surface area contributed by atoms with E-state index in [1.54, 1.807) is 12.2 Å². The lowest BCUT2D eigenvalue weighted by molar-refractivity contribution is 0.0690. The van der Waals surface area contributed by atoms with Crippen LogP contribution in [0.5, 0.6) is 0 Å². The molecule has 5 heteroatoms. The number of carboxylic acids is 1. The molecule has 1 aromatic rings. The lowest BCUT2D eigenvalue weighted by atomic mass is 10.4. The van der Waals surface area contributed by atoms with Gasteiger partial charge in [-0.25, -0.2) is 14.8 Å². The maximum Gasteiger partial charge on any atom is 0.356 e. The average molecular weight is 219 g/mol. The zero-order chi connectivity index (χ0) is 12.0. The Hall–Kier alpha value is -2.17. The van der Waals surface area contributed by atoms with Gasteiger partial charge in [0.1, 0.15) is 5.82 Å². The second kappa shape index (κ2) is 5.65. The number of hydrogen-bond acceptors (Lipinski definition) is 4. The van der Waals surface area contributed by atoms with Crippen LogP contribution in [0.1, 0.15) is 10.5 Å². The highest BCUT2D eigenvalue weighted by Gasteiger charge is 2.08. The number of carboxylic acid groups (broad SMARTS) is 1. The van der Waals surface area contributed by atoms with Crippen LogP contribution >= 0.6 is 0 Å². The van der Waals surface area contributed by atoms with E-state index in [0.717, 1.165) is 0 Å².